The summed E-state index contributed by atoms with van der Waals surface area (Å²) in [7, 11) is -0.798. The molecule has 0 radical (unpaired) electrons. The molecule has 1 saturated heterocycles. The van der Waals surface area contributed by atoms with Gasteiger partial charge in [-0.15, -0.1) is 5.10 Å². The van der Waals surface area contributed by atoms with Gasteiger partial charge in [-0.3, -0.25) is 10.1 Å². The average molecular weight is 501 g/mol. The second-order valence-electron chi connectivity index (χ2n) is 10.3. The molecular formula is C24H32N4O6Si. The standard InChI is InChI=1S/C24H32N4O6Si/c1-24(2,3)35(5,6)34-22-19(29)21(20(32-4)15-11-8-7-9-12-15)33-23(22)27-16-13-10-14-17(28(30)31)18(16)25-26-27/h7-14,19-23,29H,1-6H3. The van der Waals surface area contributed by atoms with Crippen LogP contribution in [0.2, 0.25) is 18.1 Å². The number of rotatable bonds is 7. The van der Waals surface area contributed by atoms with Crippen LogP contribution in [0.15, 0.2) is 48.5 Å². The van der Waals surface area contributed by atoms with Gasteiger partial charge >= 0.3 is 0 Å². The summed E-state index contributed by atoms with van der Waals surface area (Å²) in [5.41, 5.74) is 1.28. The van der Waals surface area contributed by atoms with Gasteiger partial charge in [0.05, 0.1) is 10.4 Å². The molecule has 0 saturated carbocycles. The number of aromatic nitrogens is 3. The van der Waals surface area contributed by atoms with Crippen molar-refractivity contribution in [1.82, 2.24) is 15.0 Å². The fourth-order valence-electron chi connectivity index (χ4n) is 4.15. The molecule has 0 bridgehead atoms. The minimum Gasteiger partial charge on any atom is -0.406 e. The van der Waals surface area contributed by atoms with E-state index in [0.29, 0.717) is 5.52 Å². The van der Waals surface area contributed by atoms with Crippen LogP contribution in [-0.2, 0) is 13.9 Å². The molecule has 10 nitrogen and oxygen atoms in total. The van der Waals surface area contributed by atoms with Crippen molar-refractivity contribution < 1.29 is 23.9 Å². The van der Waals surface area contributed by atoms with Crippen molar-refractivity contribution in [2.75, 3.05) is 7.11 Å². The minimum absolute atomic E-state index is 0.126. The number of methoxy groups -OCH3 is 1. The van der Waals surface area contributed by atoms with Gasteiger partial charge in [0.2, 0.25) is 0 Å². The first-order valence-corrected chi connectivity index (χ1v) is 14.4. The Morgan fingerprint density at radius 2 is 1.86 bits per heavy atom. The van der Waals surface area contributed by atoms with Crippen LogP contribution in [0.3, 0.4) is 0 Å². The Morgan fingerprint density at radius 3 is 2.46 bits per heavy atom. The quantitative estimate of drug-likeness (QED) is 0.288. The second kappa shape index (κ2) is 9.39. The molecule has 3 aromatic rings. The molecule has 5 unspecified atom stereocenters. The van der Waals surface area contributed by atoms with E-state index in [1.165, 1.54) is 10.7 Å². The number of hydrogen-bond acceptors (Lipinski definition) is 8. The summed E-state index contributed by atoms with van der Waals surface area (Å²) in [6.07, 6.45) is -4.02. The fraction of sp³-hybridized carbons (Fsp3) is 0.500. The molecule has 2 aromatic carbocycles. The molecule has 4 rings (SSSR count). The van der Waals surface area contributed by atoms with Gasteiger partial charge in [-0.1, -0.05) is 62.4 Å². The number of nitro groups is 1. The first-order valence-electron chi connectivity index (χ1n) is 11.5. The number of aliphatic hydroxyl groups is 1. The lowest BCUT2D eigenvalue weighted by atomic mass is 9.99. The number of non-ortho nitro benzene ring substituents is 1. The normalized spacial score (nSPS) is 24.1. The van der Waals surface area contributed by atoms with Gasteiger partial charge in [-0.05, 0) is 29.8 Å². The smallest absolute Gasteiger partial charge is 0.299 e. The Balaban J connectivity index is 1.80. The van der Waals surface area contributed by atoms with E-state index in [1.54, 1.807) is 19.2 Å². The number of ether oxygens (including phenoxy) is 2. The second-order valence-corrected chi connectivity index (χ2v) is 15.1. The maximum Gasteiger partial charge on any atom is 0.299 e. The molecule has 2 heterocycles. The van der Waals surface area contributed by atoms with E-state index in [0.717, 1.165) is 5.56 Å². The van der Waals surface area contributed by atoms with E-state index in [-0.39, 0.29) is 16.2 Å². The maximum absolute atomic E-state index is 11.5. The summed E-state index contributed by atoms with van der Waals surface area (Å²) in [6, 6.07) is 14.2. The lowest BCUT2D eigenvalue weighted by molar-refractivity contribution is -0.383. The highest BCUT2D eigenvalue weighted by Gasteiger charge is 2.53. The fourth-order valence-corrected chi connectivity index (χ4v) is 5.44. The van der Waals surface area contributed by atoms with Crippen LogP contribution in [0.5, 0.6) is 0 Å². The van der Waals surface area contributed by atoms with Gasteiger partial charge in [-0.2, -0.15) is 0 Å². The van der Waals surface area contributed by atoms with Gasteiger partial charge in [-0.25, -0.2) is 4.68 Å². The number of fused-ring (bicyclic) bond motifs is 1. The summed E-state index contributed by atoms with van der Waals surface area (Å²) >= 11 is 0. The first kappa shape index (κ1) is 25.4. The zero-order valence-corrected chi connectivity index (χ0v) is 21.8. The van der Waals surface area contributed by atoms with Gasteiger partial charge in [0.15, 0.2) is 20.1 Å². The highest BCUT2D eigenvalue weighted by molar-refractivity contribution is 6.74. The molecular weight excluding hydrogens is 468 g/mol. The summed E-state index contributed by atoms with van der Waals surface area (Å²) in [5, 5.41) is 31.2. The molecule has 0 aliphatic carbocycles. The van der Waals surface area contributed by atoms with Crippen LogP contribution in [0.25, 0.3) is 11.0 Å². The molecule has 1 aliphatic rings. The molecule has 1 aliphatic heterocycles. The van der Waals surface area contributed by atoms with Crippen molar-refractivity contribution in [3.8, 4) is 0 Å². The third-order valence-corrected chi connectivity index (χ3v) is 11.6. The molecule has 11 heteroatoms. The van der Waals surface area contributed by atoms with E-state index in [2.05, 4.69) is 44.2 Å². The molecule has 188 valence electrons. The molecule has 1 N–H and O–H groups in total. The van der Waals surface area contributed by atoms with Crippen molar-refractivity contribution in [3.63, 3.8) is 0 Å². The lowest BCUT2D eigenvalue weighted by Gasteiger charge is -2.40. The van der Waals surface area contributed by atoms with Crippen LogP contribution in [0.4, 0.5) is 5.69 Å². The predicted octanol–water partition coefficient (Wildman–Crippen LogP) is 4.38. The Labute approximate surface area is 205 Å². The largest absolute Gasteiger partial charge is 0.406 e. The van der Waals surface area contributed by atoms with Gasteiger partial charge < -0.3 is 19.0 Å². The topological polar surface area (TPSA) is 122 Å². The summed E-state index contributed by atoms with van der Waals surface area (Å²) in [6.45, 7) is 10.5. The van der Waals surface area contributed by atoms with E-state index >= 15 is 0 Å². The average Bonchev–Trinajstić information content (AvgIpc) is 3.36. The SMILES string of the molecule is COC(c1ccccc1)C1OC(n2nnc3c([N+](=O)[O-])cccc32)C(O[Si](C)(C)C(C)(C)C)C1O. The predicted molar refractivity (Wildman–Crippen MR) is 132 cm³/mol. The Hall–Kier alpha value is -2.70. The third-order valence-electron chi connectivity index (χ3n) is 7.09. The van der Waals surface area contributed by atoms with Crippen molar-refractivity contribution >= 4 is 25.0 Å². The van der Waals surface area contributed by atoms with Gasteiger partial charge in [0, 0.05) is 13.2 Å². The Morgan fingerprint density at radius 1 is 1.17 bits per heavy atom. The van der Waals surface area contributed by atoms with Crippen molar-refractivity contribution in [2.45, 2.75) is 69.5 Å². The maximum atomic E-state index is 11.5. The van der Waals surface area contributed by atoms with Gasteiger partial charge in [0.1, 0.15) is 24.4 Å². The number of benzene rings is 2. The number of nitro benzene ring substituents is 1. The lowest BCUT2D eigenvalue weighted by Crippen LogP contribution is -2.49. The van der Waals surface area contributed by atoms with Gasteiger partial charge in [0.25, 0.3) is 5.69 Å². The van der Waals surface area contributed by atoms with E-state index in [1.807, 2.05) is 30.3 Å². The summed E-state index contributed by atoms with van der Waals surface area (Å²) in [5.74, 6) is 0. The van der Waals surface area contributed by atoms with Crippen molar-refractivity contribution in [1.29, 1.82) is 0 Å². The molecule has 5 atom stereocenters. The van der Waals surface area contributed by atoms with Crippen LogP contribution >= 0.6 is 0 Å². The summed E-state index contributed by atoms with van der Waals surface area (Å²) in [4.78, 5) is 11.0. The van der Waals surface area contributed by atoms with Crippen molar-refractivity contribution in [2.24, 2.45) is 0 Å². The Kier molecular flexibility index (Phi) is 6.82. The third kappa shape index (κ3) is 4.61. The zero-order chi connectivity index (χ0) is 25.5. The summed E-state index contributed by atoms with van der Waals surface area (Å²) < 4.78 is 20.4. The van der Waals surface area contributed by atoms with E-state index in [4.69, 9.17) is 13.9 Å². The number of nitrogens with zero attached hydrogens (tertiary/aromatic N) is 4. The minimum atomic E-state index is -2.37. The Bertz CT molecular complexity index is 1200. The molecule has 1 aromatic heterocycles. The van der Waals surface area contributed by atoms with E-state index < -0.39 is 43.9 Å². The van der Waals surface area contributed by atoms with Crippen molar-refractivity contribution in [3.05, 3.63) is 64.2 Å². The van der Waals surface area contributed by atoms with Crippen LogP contribution in [0.1, 0.15) is 38.7 Å². The van der Waals surface area contributed by atoms with Crippen LogP contribution < -0.4 is 0 Å². The zero-order valence-electron chi connectivity index (χ0n) is 20.8. The number of hydrogen-bond donors (Lipinski definition) is 1. The number of aliphatic hydroxyl groups excluding tert-OH is 1. The van der Waals surface area contributed by atoms with E-state index in [9.17, 15) is 15.2 Å². The molecule has 0 spiro atoms. The van der Waals surface area contributed by atoms with Crippen LogP contribution in [-0.4, -0.2) is 58.8 Å². The molecule has 1 fully saturated rings. The highest BCUT2D eigenvalue weighted by atomic mass is 28.4. The van der Waals surface area contributed by atoms with Crippen LogP contribution in [0, 0.1) is 10.1 Å². The highest BCUT2D eigenvalue weighted by Crippen LogP contribution is 2.45. The monoisotopic (exact) mass is 500 g/mol. The first-order chi connectivity index (χ1) is 16.5. The molecule has 35 heavy (non-hydrogen) atoms. The molecule has 0 amide bonds.